The molecule has 3 rings (SSSR count). The van der Waals surface area contributed by atoms with Gasteiger partial charge in [-0.1, -0.05) is 0 Å². The van der Waals surface area contributed by atoms with Crippen molar-refractivity contribution in [1.29, 1.82) is 0 Å². The Balaban J connectivity index is 1.96. The van der Waals surface area contributed by atoms with Crippen LogP contribution in [0.3, 0.4) is 0 Å². The molecule has 0 aliphatic rings. The van der Waals surface area contributed by atoms with E-state index in [9.17, 15) is 0 Å². The summed E-state index contributed by atoms with van der Waals surface area (Å²) in [6.07, 6.45) is 1.72. The largest absolute Gasteiger partial charge is 0.493 e. The summed E-state index contributed by atoms with van der Waals surface area (Å²) in [6.45, 7) is 0. The van der Waals surface area contributed by atoms with Gasteiger partial charge in [0.2, 0.25) is 0 Å². The summed E-state index contributed by atoms with van der Waals surface area (Å²) >= 11 is 0. The van der Waals surface area contributed by atoms with Gasteiger partial charge in [-0.05, 0) is 29.8 Å². The molecule has 25 heavy (non-hydrogen) atoms. The van der Waals surface area contributed by atoms with E-state index >= 15 is 0 Å². The molecule has 2 aromatic carbocycles. The third-order valence-electron chi connectivity index (χ3n) is 3.79. The molecule has 0 radical (unpaired) electrons. The molecule has 130 valence electrons. The minimum Gasteiger partial charge on any atom is -0.493 e. The quantitative estimate of drug-likeness (QED) is 0.696. The van der Waals surface area contributed by atoms with E-state index in [0.29, 0.717) is 28.8 Å². The molecule has 1 aromatic heterocycles. The summed E-state index contributed by atoms with van der Waals surface area (Å²) in [5.74, 6) is 3.13. The van der Waals surface area contributed by atoms with Crippen LogP contribution in [0.25, 0.3) is 10.9 Å². The van der Waals surface area contributed by atoms with Crippen molar-refractivity contribution in [1.82, 2.24) is 10.2 Å². The second-order valence-electron chi connectivity index (χ2n) is 5.17. The molecule has 7 nitrogen and oxygen atoms in total. The van der Waals surface area contributed by atoms with Gasteiger partial charge in [0.05, 0.1) is 34.0 Å². The van der Waals surface area contributed by atoms with Crippen LogP contribution in [0, 0.1) is 0 Å². The Labute approximate surface area is 145 Å². The van der Waals surface area contributed by atoms with Gasteiger partial charge in [0.1, 0.15) is 0 Å². The van der Waals surface area contributed by atoms with Crippen molar-refractivity contribution < 1.29 is 18.9 Å². The molecule has 0 saturated carbocycles. The number of hydrogen-bond acceptors (Lipinski definition) is 6. The average molecular weight is 341 g/mol. The van der Waals surface area contributed by atoms with E-state index in [0.717, 1.165) is 16.5 Å². The van der Waals surface area contributed by atoms with Crippen LogP contribution in [0.1, 0.15) is 5.56 Å². The predicted octanol–water partition coefficient (Wildman–Crippen LogP) is 3.35. The second kappa shape index (κ2) is 7.12. The monoisotopic (exact) mass is 341 g/mol. The van der Waals surface area contributed by atoms with Gasteiger partial charge in [-0.2, -0.15) is 5.10 Å². The molecule has 0 fully saturated rings. The molecule has 0 bridgehead atoms. The van der Waals surface area contributed by atoms with Gasteiger partial charge in [0.25, 0.3) is 0 Å². The fourth-order valence-electron chi connectivity index (χ4n) is 2.50. The molecule has 0 aliphatic carbocycles. The number of H-pyrrole nitrogens is 1. The summed E-state index contributed by atoms with van der Waals surface area (Å²) in [5.41, 5.74) is 1.69. The zero-order valence-electron chi connectivity index (χ0n) is 14.5. The fraction of sp³-hybridized carbons (Fsp3) is 0.222. The van der Waals surface area contributed by atoms with E-state index in [1.54, 1.807) is 34.7 Å². The average Bonchev–Trinajstić information content (AvgIpc) is 3.06. The molecular formula is C18H19N3O4. The van der Waals surface area contributed by atoms with Crippen LogP contribution in [0.4, 0.5) is 5.82 Å². The first-order valence-corrected chi connectivity index (χ1v) is 7.56. The van der Waals surface area contributed by atoms with Gasteiger partial charge in [-0.15, -0.1) is 0 Å². The number of hydrogen-bond donors (Lipinski definition) is 1. The maximum atomic E-state index is 5.34. The van der Waals surface area contributed by atoms with E-state index in [2.05, 4.69) is 15.2 Å². The van der Waals surface area contributed by atoms with Crippen molar-refractivity contribution in [2.45, 2.75) is 0 Å². The van der Waals surface area contributed by atoms with Gasteiger partial charge >= 0.3 is 0 Å². The number of aromatic amines is 1. The van der Waals surface area contributed by atoms with Crippen LogP contribution in [-0.2, 0) is 0 Å². The number of aliphatic imine (C=N–C) groups is 1. The molecule has 0 atom stereocenters. The first-order chi connectivity index (χ1) is 12.2. The van der Waals surface area contributed by atoms with Crippen LogP contribution in [0.15, 0.2) is 35.3 Å². The molecule has 1 N–H and O–H groups in total. The first-order valence-electron chi connectivity index (χ1n) is 7.56. The zero-order valence-corrected chi connectivity index (χ0v) is 14.5. The standard InChI is InChI=1S/C18H19N3O4/c1-22-14-6-5-11(7-15(14)23-2)10-19-18-12-8-16(24-3)17(25-4)9-13(12)20-21-18/h5-10H,1-4H3,(H,20,21). The maximum absolute atomic E-state index is 5.34. The van der Waals surface area contributed by atoms with E-state index in [-0.39, 0.29) is 0 Å². The van der Waals surface area contributed by atoms with Crippen LogP contribution in [0.5, 0.6) is 23.0 Å². The van der Waals surface area contributed by atoms with Crippen molar-refractivity contribution in [2.75, 3.05) is 28.4 Å². The van der Waals surface area contributed by atoms with Crippen molar-refractivity contribution in [3.63, 3.8) is 0 Å². The molecule has 0 amide bonds. The summed E-state index contributed by atoms with van der Waals surface area (Å²) in [5, 5.41) is 8.04. The van der Waals surface area contributed by atoms with Crippen LogP contribution in [-0.4, -0.2) is 44.9 Å². The lowest BCUT2D eigenvalue weighted by Gasteiger charge is -2.07. The third-order valence-corrected chi connectivity index (χ3v) is 3.79. The minimum absolute atomic E-state index is 0.561. The second-order valence-corrected chi connectivity index (χ2v) is 5.17. The lowest BCUT2D eigenvalue weighted by atomic mass is 10.2. The number of fused-ring (bicyclic) bond motifs is 1. The van der Waals surface area contributed by atoms with Gasteiger partial charge < -0.3 is 18.9 Å². The number of methoxy groups -OCH3 is 4. The van der Waals surface area contributed by atoms with Crippen LogP contribution < -0.4 is 18.9 Å². The number of nitrogens with one attached hydrogen (secondary N) is 1. The Morgan fingerprint density at radius 1 is 0.840 bits per heavy atom. The summed E-state index contributed by atoms with van der Waals surface area (Å²) in [6, 6.07) is 9.25. The van der Waals surface area contributed by atoms with E-state index in [1.807, 2.05) is 30.3 Å². The molecule has 3 aromatic rings. The van der Waals surface area contributed by atoms with Crippen molar-refractivity contribution in [2.24, 2.45) is 4.99 Å². The van der Waals surface area contributed by atoms with Crippen LogP contribution >= 0.6 is 0 Å². The molecule has 1 heterocycles. The predicted molar refractivity (Wildman–Crippen MR) is 96.0 cm³/mol. The van der Waals surface area contributed by atoms with E-state index < -0.39 is 0 Å². The summed E-state index contributed by atoms with van der Waals surface area (Å²) in [4.78, 5) is 4.47. The molecular weight excluding hydrogens is 322 g/mol. The molecule has 0 saturated heterocycles. The summed E-state index contributed by atoms with van der Waals surface area (Å²) in [7, 11) is 6.38. The Morgan fingerprint density at radius 2 is 1.48 bits per heavy atom. The highest BCUT2D eigenvalue weighted by Gasteiger charge is 2.11. The third kappa shape index (κ3) is 3.21. The Morgan fingerprint density at radius 3 is 2.16 bits per heavy atom. The van der Waals surface area contributed by atoms with E-state index in [1.165, 1.54) is 0 Å². The lowest BCUT2D eigenvalue weighted by molar-refractivity contribution is 0.355. The molecule has 0 spiro atoms. The van der Waals surface area contributed by atoms with Gasteiger partial charge in [-0.25, -0.2) is 4.99 Å². The number of aromatic nitrogens is 2. The Bertz CT molecular complexity index is 918. The van der Waals surface area contributed by atoms with Crippen molar-refractivity contribution >= 4 is 22.9 Å². The Hall–Kier alpha value is -3.22. The minimum atomic E-state index is 0.561. The smallest absolute Gasteiger partial charge is 0.181 e. The molecule has 0 aliphatic heterocycles. The zero-order chi connectivity index (χ0) is 17.8. The number of benzene rings is 2. The highest BCUT2D eigenvalue weighted by molar-refractivity contribution is 5.94. The number of nitrogens with zero attached hydrogens (tertiary/aromatic N) is 2. The van der Waals surface area contributed by atoms with Crippen molar-refractivity contribution in [3.8, 4) is 23.0 Å². The number of rotatable bonds is 6. The highest BCUT2D eigenvalue weighted by atomic mass is 16.5. The van der Waals surface area contributed by atoms with Gasteiger partial charge in [0, 0.05) is 17.7 Å². The first kappa shape index (κ1) is 16.6. The Kier molecular flexibility index (Phi) is 4.74. The molecule has 7 heteroatoms. The van der Waals surface area contributed by atoms with Crippen LogP contribution in [0.2, 0.25) is 0 Å². The van der Waals surface area contributed by atoms with Gasteiger partial charge in [0.15, 0.2) is 28.8 Å². The van der Waals surface area contributed by atoms with E-state index in [4.69, 9.17) is 18.9 Å². The maximum Gasteiger partial charge on any atom is 0.181 e. The van der Waals surface area contributed by atoms with Gasteiger partial charge in [-0.3, -0.25) is 5.10 Å². The molecule has 0 unspecified atom stereocenters. The lowest BCUT2D eigenvalue weighted by Crippen LogP contribution is -1.92. The SMILES string of the molecule is COc1ccc(C=Nc2n[nH]c3cc(OC)c(OC)cc23)cc1OC. The number of ether oxygens (including phenoxy) is 4. The van der Waals surface area contributed by atoms with Crippen molar-refractivity contribution in [3.05, 3.63) is 35.9 Å². The summed E-state index contributed by atoms with van der Waals surface area (Å²) < 4.78 is 21.2. The topological polar surface area (TPSA) is 78.0 Å². The normalized spacial score (nSPS) is 11.0. The highest BCUT2D eigenvalue weighted by Crippen LogP contribution is 2.35. The fourth-order valence-corrected chi connectivity index (χ4v) is 2.50.